The van der Waals surface area contributed by atoms with Crippen LogP contribution in [0.1, 0.15) is 22.3 Å². The number of Topliss-reactive ketones (excluding diaryl/α,β-unsaturated/α-hetero) is 1. The van der Waals surface area contributed by atoms with Gasteiger partial charge in [-0.3, -0.25) is 4.79 Å². The Morgan fingerprint density at radius 1 is 1.25 bits per heavy atom. The van der Waals surface area contributed by atoms with Crippen molar-refractivity contribution in [2.24, 2.45) is 5.73 Å². The highest BCUT2D eigenvalue weighted by Gasteiger charge is 2.04. The van der Waals surface area contributed by atoms with Gasteiger partial charge in [-0.2, -0.15) is 0 Å². The Hall–Kier alpha value is -1.19. The highest BCUT2D eigenvalue weighted by Crippen LogP contribution is 2.07. The summed E-state index contributed by atoms with van der Waals surface area (Å²) in [5, 5.41) is 0. The summed E-state index contributed by atoms with van der Waals surface area (Å²) in [5.41, 5.74) is 7.38. The van der Waals surface area contributed by atoms with Gasteiger partial charge in [-0.05, 0) is 32.6 Å². The monoisotopic (exact) mass is 220 g/mol. The van der Waals surface area contributed by atoms with Crippen LogP contribution in [-0.4, -0.2) is 37.9 Å². The van der Waals surface area contributed by atoms with Crippen LogP contribution in [0, 0.1) is 0 Å². The van der Waals surface area contributed by atoms with Gasteiger partial charge >= 0.3 is 0 Å². The van der Waals surface area contributed by atoms with Gasteiger partial charge in [-0.1, -0.05) is 24.3 Å². The Bertz CT molecular complexity index is 330. The van der Waals surface area contributed by atoms with Gasteiger partial charge in [0.05, 0.1) is 0 Å². The number of hydrogen-bond donors (Lipinski definition) is 1. The van der Waals surface area contributed by atoms with Crippen molar-refractivity contribution in [3.8, 4) is 0 Å². The molecule has 3 heteroatoms. The zero-order chi connectivity index (χ0) is 12.0. The topological polar surface area (TPSA) is 46.3 Å². The molecule has 0 atom stereocenters. The van der Waals surface area contributed by atoms with Crippen LogP contribution in [0.3, 0.4) is 0 Å². The molecule has 16 heavy (non-hydrogen) atoms. The standard InChI is InChI=1S/C13H20N2O/c1-15(2)10-8-11-3-5-12(6-4-11)13(16)7-9-14/h3-6H,7-10,14H2,1-2H3. The molecule has 88 valence electrons. The molecule has 1 aromatic rings. The summed E-state index contributed by atoms with van der Waals surface area (Å²) < 4.78 is 0. The quantitative estimate of drug-likeness (QED) is 0.736. The van der Waals surface area contributed by atoms with Crippen LogP contribution in [0.15, 0.2) is 24.3 Å². The molecule has 1 rings (SSSR count). The molecule has 1 aromatic carbocycles. The van der Waals surface area contributed by atoms with Crippen molar-refractivity contribution >= 4 is 5.78 Å². The van der Waals surface area contributed by atoms with Crippen molar-refractivity contribution in [2.75, 3.05) is 27.2 Å². The number of carbonyl (C=O) groups is 1. The molecule has 0 heterocycles. The summed E-state index contributed by atoms with van der Waals surface area (Å²) in [6, 6.07) is 7.83. The average molecular weight is 220 g/mol. The molecule has 0 aliphatic rings. The van der Waals surface area contributed by atoms with Crippen LogP contribution in [0.2, 0.25) is 0 Å². The highest BCUT2D eigenvalue weighted by molar-refractivity contribution is 5.96. The van der Waals surface area contributed by atoms with Gasteiger partial charge in [-0.15, -0.1) is 0 Å². The third-order valence-corrected chi connectivity index (χ3v) is 2.50. The van der Waals surface area contributed by atoms with Crippen LogP contribution in [0.4, 0.5) is 0 Å². The van der Waals surface area contributed by atoms with Gasteiger partial charge in [0.15, 0.2) is 5.78 Å². The summed E-state index contributed by atoms with van der Waals surface area (Å²) in [5.74, 6) is 0.127. The number of rotatable bonds is 6. The summed E-state index contributed by atoms with van der Waals surface area (Å²) in [7, 11) is 4.11. The van der Waals surface area contributed by atoms with Crippen molar-refractivity contribution in [3.05, 3.63) is 35.4 Å². The second-order valence-corrected chi connectivity index (χ2v) is 4.21. The van der Waals surface area contributed by atoms with Crippen LogP contribution < -0.4 is 5.73 Å². The lowest BCUT2D eigenvalue weighted by molar-refractivity contribution is 0.0985. The van der Waals surface area contributed by atoms with E-state index >= 15 is 0 Å². The normalized spacial score (nSPS) is 10.8. The molecule has 0 fully saturated rings. The van der Waals surface area contributed by atoms with Gasteiger partial charge in [0.1, 0.15) is 0 Å². The lowest BCUT2D eigenvalue weighted by atomic mass is 10.0. The Balaban J connectivity index is 2.57. The first kappa shape index (κ1) is 12.9. The van der Waals surface area contributed by atoms with Crippen molar-refractivity contribution in [1.82, 2.24) is 4.90 Å². The maximum Gasteiger partial charge on any atom is 0.164 e. The fraction of sp³-hybridized carbons (Fsp3) is 0.462. The van der Waals surface area contributed by atoms with Gasteiger partial charge in [-0.25, -0.2) is 0 Å². The number of carbonyl (C=O) groups excluding carboxylic acids is 1. The SMILES string of the molecule is CN(C)CCc1ccc(C(=O)CCN)cc1. The third kappa shape index (κ3) is 4.13. The van der Waals surface area contributed by atoms with Gasteiger partial charge in [0.2, 0.25) is 0 Å². The number of benzene rings is 1. The number of ketones is 1. The van der Waals surface area contributed by atoms with E-state index in [0.29, 0.717) is 13.0 Å². The Morgan fingerprint density at radius 2 is 1.88 bits per heavy atom. The lowest BCUT2D eigenvalue weighted by Gasteiger charge is -2.09. The van der Waals surface area contributed by atoms with Crippen molar-refractivity contribution in [2.45, 2.75) is 12.8 Å². The van der Waals surface area contributed by atoms with E-state index in [1.54, 1.807) is 0 Å². The molecular formula is C13H20N2O. The molecule has 3 nitrogen and oxygen atoms in total. The number of nitrogens with zero attached hydrogens (tertiary/aromatic N) is 1. The molecule has 0 saturated heterocycles. The van der Waals surface area contributed by atoms with E-state index in [-0.39, 0.29) is 5.78 Å². The van der Waals surface area contributed by atoms with E-state index in [1.165, 1.54) is 5.56 Å². The second-order valence-electron chi connectivity index (χ2n) is 4.21. The number of likely N-dealkylation sites (N-methyl/N-ethyl adjacent to an activating group) is 1. The fourth-order valence-electron chi connectivity index (χ4n) is 1.49. The van der Waals surface area contributed by atoms with Crippen LogP contribution >= 0.6 is 0 Å². The Labute approximate surface area is 97.2 Å². The smallest absolute Gasteiger partial charge is 0.164 e. The fourth-order valence-corrected chi connectivity index (χ4v) is 1.49. The molecule has 0 radical (unpaired) electrons. The minimum Gasteiger partial charge on any atom is -0.330 e. The first-order valence-electron chi connectivity index (χ1n) is 5.60. The molecule has 0 aliphatic carbocycles. The maximum absolute atomic E-state index is 11.5. The molecule has 0 saturated carbocycles. The Kier molecular flexibility index (Phi) is 5.15. The van der Waals surface area contributed by atoms with Gasteiger partial charge in [0.25, 0.3) is 0 Å². The zero-order valence-corrected chi connectivity index (χ0v) is 10.1. The van der Waals surface area contributed by atoms with Crippen LogP contribution in [-0.2, 0) is 6.42 Å². The maximum atomic E-state index is 11.5. The number of nitrogens with two attached hydrogens (primary N) is 1. The van der Waals surface area contributed by atoms with Crippen molar-refractivity contribution in [1.29, 1.82) is 0 Å². The molecule has 0 aliphatic heterocycles. The second kappa shape index (κ2) is 6.40. The first-order chi connectivity index (χ1) is 7.63. The van der Waals surface area contributed by atoms with Gasteiger partial charge in [0, 0.05) is 18.5 Å². The van der Waals surface area contributed by atoms with Crippen molar-refractivity contribution < 1.29 is 4.79 Å². The number of hydrogen-bond acceptors (Lipinski definition) is 3. The van der Waals surface area contributed by atoms with E-state index in [2.05, 4.69) is 19.0 Å². The molecule has 0 amide bonds. The minimum atomic E-state index is 0.127. The molecule has 0 aromatic heterocycles. The predicted octanol–water partition coefficient (Wildman–Crippen LogP) is 1.32. The summed E-state index contributed by atoms with van der Waals surface area (Å²) in [4.78, 5) is 13.7. The summed E-state index contributed by atoms with van der Waals surface area (Å²) in [6.45, 7) is 1.44. The molecular weight excluding hydrogens is 200 g/mol. The molecule has 0 unspecified atom stereocenters. The van der Waals surface area contributed by atoms with E-state index in [1.807, 2.05) is 24.3 Å². The van der Waals surface area contributed by atoms with Crippen molar-refractivity contribution in [3.63, 3.8) is 0 Å². The molecule has 0 bridgehead atoms. The zero-order valence-electron chi connectivity index (χ0n) is 10.1. The highest BCUT2D eigenvalue weighted by atomic mass is 16.1. The average Bonchev–Trinajstić information content (AvgIpc) is 2.27. The lowest BCUT2D eigenvalue weighted by Crippen LogP contribution is -2.15. The minimum absolute atomic E-state index is 0.127. The predicted molar refractivity (Wildman–Crippen MR) is 66.7 cm³/mol. The van der Waals surface area contributed by atoms with E-state index in [9.17, 15) is 4.79 Å². The van der Waals surface area contributed by atoms with Crippen LogP contribution in [0.25, 0.3) is 0 Å². The molecule has 0 spiro atoms. The van der Waals surface area contributed by atoms with E-state index in [0.717, 1.165) is 18.5 Å². The first-order valence-corrected chi connectivity index (χ1v) is 5.60. The van der Waals surface area contributed by atoms with E-state index in [4.69, 9.17) is 5.73 Å². The van der Waals surface area contributed by atoms with E-state index < -0.39 is 0 Å². The summed E-state index contributed by atoms with van der Waals surface area (Å²) >= 11 is 0. The largest absolute Gasteiger partial charge is 0.330 e. The third-order valence-electron chi connectivity index (χ3n) is 2.50. The van der Waals surface area contributed by atoms with Crippen LogP contribution in [0.5, 0.6) is 0 Å². The van der Waals surface area contributed by atoms with Gasteiger partial charge < -0.3 is 10.6 Å². The summed E-state index contributed by atoms with van der Waals surface area (Å²) in [6.07, 6.45) is 1.44. The Morgan fingerprint density at radius 3 is 2.38 bits per heavy atom. The molecule has 2 N–H and O–H groups in total.